The van der Waals surface area contributed by atoms with Crippen LogP contribution in [0.4, 0.5) is 18.9 Å². The van der Waals surface area contributed by atoms with Crippen LogP contribution in [-0.4, -0.2) is 35.2 Å². The maximum absolute atomic E-state index is 13.3. The van der Waals surface area contributed by atoms with Gasteiger partial charge < -0.3 is 14.8 Å². The van der Waals surface area contributed by atoms with Crippen molar-refractivity contribution in [2.45, 2.75) is 12.9 Å². The number of alkyl halides is 3. The zero-order valence-corrected chi connectivity index (χ0v) is 17.8. The molecule has 0 spiro atoms. The highest BCUT2D eigenvalue weighted by Crippen LogP contribution is 2.33. The minimum absolute atomic E-state index is 0.00409. The van der Waals surface area contributed by atoms with Crippen LogP contribution in [0.3, 0.4) is 0 Å². The van der Waals surface area contributed by atoms with Crippen molar-refractivity contribution >= 4 is 23.1 Å². The van der Waals surface area contributed by atoms with Gasteiger partial charge in [0.25, 0.3) is 11.8 Å². The van der Waals surface area contributed by atoms with Crippen molar-refractivity contribution in [3.8, 4) is 11.5 Å². The number of ether oxygens (including phenoxy) is 2. The van der Waals surface area contributed by atoms with E-state index in [4.69, 9.17) is 4.74 Å². The van der Waals surface area contributed by atoms with E-state index in [1.165, 1.54) is 19.2 Å². The maximum Gasteiger partial charge on any atom is 0.573 e. The van der Waals surface area contributed by atoms with Gasteiger partial charge in [-0.2, -0.15) is 0 Å². The molecule has 0 aliphatic carbocycles. The average Bonchev–Trinajstić information content (AvgIpc) is 3.04. The average molecular weight is 469 g/mol. The zero-order valence-electron chi connectivity index (χ0n) is 17.8. The number of anilines is 1. The Morgan fingerprint density at radius 3 is 2.18 bits per heavy atom. The zero-order chi connectivity index (χ0) is 24.3. The fraction of sp³-hybridized carbons (Fsp3) is 0.125. The van der Waals surface area contributed by atoms with Crippen molar-refractivity contribution in [1.29, 1.82) is 0 Å². The number of carbonyl (C=O) groups is 2. The van der Waals surface area contributed by atoms with E-state index in [2.05, 4.69) is 15.0 Å². The highest BCUT2D eigenvalue weighted by atomic mass is 19.4. The number of hydrogen-bond acceptors (Lipinski definition) is 6. The summed E-state index contributed by atoms with van der Waals surface area (Å²) in [7, 11) is 1.51. The van der Waals surface area contributed by atoms with E-state index < -0.39 is 23.9 Å². The van der Waals surface area contributed by atoms with Crippen molar-refractivity contribution < 1.29 is 32.2 Å². The highest BCUT2D eigenvalue weighted by molar-refractivity contribution is 6.36. The van der Waals surface area contributed by atoms with Crippen LogP contribution < -0.4 is 14.8 Å². The van der Waals surface area contributed by atoms with Crippen molar-refractivity contribution in [1.82, 2.24) is 9.88 Å². The molecule has 34 heavy (non-hydrogen) atoms. The molecule has 1 aromatic heterocycles. The third-order valence-corrected chi connectivity index (χ3v) is 4.95. The molecule has 0 saturated carbocycles. The van der Waals surface area contributed by atoms with Crippen LogP contribution in [0.1, 0.15) is 11.3 Å². The molecule has 0 saturated heterocycles. The van der Waals surface area contributed by atoms with Crippen molar-refractivity contribution in [2.75, 3.05) is 12.4 Å². The highest BCUT2D eigenvalue weighted by Gasteiger charge is 2.39. The van der Waals surface area contributed by atoms with Gasteiger partial charge in [0.05, 0.1) is 24.9 Å². The lowest BCUT2D eigenvalue weighted by Crippen LogP contribution is -2.32. The number of halogens is 3. The lowest BCUT2D eigenvalue weighted by atomic mass is 10.0. The number of methoxy groups -OCH3 is 1. The Labute approximate surface area is 192 Å². The number of pyridine rings is 1. The van der Waals surface area contributed by atoms with Crippen LogP contribution in [0, 0.1) is 0 Å². The fourth-order valence-electron chi connectivity index (χ4n) is 3.40. The number of aromatic nitrogens is 1. The molecule has 2 heterocycles. The largest absolute Gasteiger partial charge is 0.573 e. The Balaban J connectivity index is 1.67. The molecule has 0 fully saturated rings. The molecule has 1 aliphatic rings. The second-order valence-corrected chi connectivity index (χ2v) is 7.19. The van der Waals surface area contributed by atoms with Gasteiger partial charge in [-0.3, -0.25) is 19.5 Å². The fourth-order valence-corrected chi connectivity index (χ4v) is 3.40. The van der Waals surface area contributed by atoms with E-state index in [0.717, 1.165) is 17.0 Å². The number of amides is 2. The van der Waals surface area contributed by atoms with E-state index in [1.54, 1.807) is 48.7 Å². The summed E-state index contributed by atoms with van der Waals surface area (Å²) in [5.74, 6) is -0.952. The van der Waals surface area contributed by atoms with Gasteiger partial charge in [0.15, 0.2) is 0 Å². The molecule has 10 heteroatoms. The molecule has 0 bridgehead atoms. The number of imide groups is 1. The number of carbonyl (C=O) groups excluding carboxylic acids is 2. The molecule has 2 amide bonds. The van der Waals surface area contributed by atoms with Gasteiger partial charge in [0.2, 0.25) is 0 Å². The molecule has 0 unspecified atom stereocenters. The molecule has 1 N–H and O–H groups in total. The van der Waals surface area contributed by atoms with Crippen LogP contribution in [0.25, 0.3) is 5.57 Å². The van der Waals surface area contributed by atoms with Crippen molar-refractivity contribution in [2.24, 2.45) is 0 Å². The van der Waals surface area contributed by atoms with Gasteiger partial charge in [-0.15, -0.1) is 13.2 Å². The lowest BCUT2D eigenvalue weighted by Gasteiger charge is -2.15. The number of nitrogens with zero attached hydrogens (tertiary/aromatic N) is 2. The SMILES string of the molecule is COc1ccc(C2=C(Nc3ccc(OC(F)(F)F)cc3)C(=O)N(Cc3ccccn3)C2=O)cc1. The smallest absolute Gasteiger partial charge is 0.497 e. The van der Waals surface area contributed by atoms with Crippen LogP contribution in [-0.2, 0) is 16.1 Å². The van der Waals surface area contributed by atoms with Gasteiger partial charge in [0.1, 0.15) is 17.2 Å². The number of benzene rings is 2. The molecule has 3 aromatic rings. The Hall–Kier alpha value is -4.34. The summed E-state index contributed by atoms with van der Waals surface area (Å²) >= 11 is 0. The minimum atomic E-state index is -4.82. The van der Waals surface area contributed by atoms with Gasteiger partial charge in [-0.25, -0.2) is 0 Å². The van der Waals surface area contributed by atoms with Crippen molar-refractivity contribution in [3.63, 3.8) is 0 Å². The third kappa shape index (κ3) is 5.01. The first-order valence-corrected chi connectivity index (χ1v) is 10.0. The standard InChI is InChI=1S/C24H18F3N3O4/c1-33-18-9-5-15(6-10-18)20-21(29-16-7-11-19(12-8-16)34-24(25,26)27)23(32)30(22(20)31)14-17-4-2-3-13-28-17/h2-13,29H,14H2,1H3. The van der Waals surface area contributed by atoms with Crippen LogP contribution in [0.2, 0.25) is 0 Å². The summed E-state index contributed by atoms with van der Waals surface area (Å²) in [5.41, 5.74) is 1.42. The molecule has 4 rings (SSSR count). The monoisotopic (exact) mass is 469 g/mol. The summed E-state index contributed by atoms with van der Waals surface area (Å²) < 4.78 is 46.3. The van der Waals surface area contributed by atoms with E-state index in [-0.39, 0.29) is 17.8 Å². The maximum atomic E-state index is 13.3. The Morgan fingerprint density at radius 2 is 1.59 bits per heavy atom. The predicted molar refractivity (Wildman–Crippen MR) is 116 cm³/mol. The van der Waals surface area contributed by atoms with E-state index in [0.29, 0.717) is 22.7 Å². The van der Waals surface area contributed by atoms with E-state index in [1.807, 2.05) is 0 Å². The number of hydrogen-bond donors (Lipinski definition) is 1. The Bertz CT molecular complexity index is 1230. The Kier molecular flexibility index (Phi) is 6.22. The van der Waals surface area contributed by atoms with Crippen molar-refractivity contribution in [3.05, 3.63) is 89.9 Å². The minimum Gasteiger partial charge on any atom is -0.497 e. The van der Waals surface area contributed by atoms with Gasteiger partial charge in [0, 0.05) is 11.9 Å². The van der Waals surface area contributed by atoms with Crippen LogP contribution in [0.15, 0.2) is 78.6 Å². The van der Waals surface area contributed by atoms with Gasteiger partial charge >= 0.3 is 6.36 Å². The summed E-state index contributed by atoms with van der Waals surface area (Å²) in [4.78, 5) is 31.8. The summed E-state index contributed by atoms with van der Waals surface area (Å²) in [6, 6.07) is 16.6. The van der Waals surface area contributed by atoms with Gasteiger partial charge in [-0.1, -0.05) is 18.2 Å². The molecular weight excluding hydrogens is 451 g/mol. The molecular formula is C24H18F3N3O4. The second kappa shape index (κ2) is 9.26. The second-order valence-electron chi connectivity index (χ2n) is 7.19. The normalized spacial score (nSPS) is 13.9. The summed E-state index contributed by atoms with van der Waals surface area (Å²) in [6.45, 7) is -0.0400. The topological polar surface area (TPSA) is 80.8 Å². The van der Waals surface area contributed by atoms with Crippen LogP contribution in [0.5, 0.6) is 11.5 Å². The molecule has 2 aromatic carbocycles. The first kappa shape index (κ1) is 22.8. The lowest BCUT2D eigenvalue weighted by molar-refractivity contribution is -0.274. The quantitative estimate of drug-likeness (QED) is 0.518. The molecule has 174 valence electrons. The summed E-state index contributed by atoms with van der Waals surface area (Å²) in [5, 5.41) is 2.88. The number of nitrogens with one attached hydrogen (secondary N) is 1. The predicted octanol–water partition coefficient (Wildman–Crippen LogP) is 4.38. The van der Waals surface area contributed by atoms with E-state index >= 15 is 0 Å². The molecule has 0 radical (unpaired) electrons. The molecule has 1 aliphatic heterocycles. The first-order chi connectivity index (χ1) is 16.2. The Morgan fingerprint density at radius 1 is 0.912 bits per heavy atom. The van der Waals surface area contributed by atoms with E-state index in [9.17, 15) is 22.8 Å². The summed E-state index contributed by atoms with van der Waals surface area (Å²) in [6.07, 6.45) is -3.26. The molecule has 7 nitrogen and oxygen atoms in total. The molecule has 0 atom stereocenters. The third-order valence-electron chi connectivity index (χ3n) is 4.95. The van der Waals surface area contributed by atoms with Crippen LogP contribution >= 0.6 is 0 Å². The number of rotatable bonds is 7. The van der Waals surface area contributed by atoms with Gasteiger partial charge in [-0.05, 0) is 54.1 Å². The first-order valence-electron chi connectivity index (χ1n) is 10.0.